The number of nitrogens with one attached hydrogen (secondary N) is 1. The number of rotatable bonds is 7. The Morgan fingerprint density at radius 1 is 1.10 bits per heavy atom. The van der Waals surface area contributed by atoms with E-state index in [0.29, 0.717) is 5.56 Å². The van der Waals surface area contributed by atoms with Crippen LogP contribution in [0.3, 0.4) is 0 Å². The fourth-order valence-electron chi connectivity index (χ4n) is 2.69. The Bertz CT molecular complexity index is 697. The summed E-state index contributed by atoms with van der Waals surface area (Å²) >= 11 is 0. The summed E-state index contributed by atoms with van der Waals surface area (Å²) in [5.41, 5.74) is -1.55. The molecule has 1 aromatic rings. The maximum absolute atomic E-state index is 14.8. The lowest BCUT2D eigenvalue weighted by molar-refractivity contribution is -0.0209. The van der Waals surface area contributed by atoms with Gasteiger partial charge in [0, 0.05) is 12.7 Å². The molecule has 7 heteroatoms. The van der Waals surface area contributed by atoms with Gasteiger partial charge in [0.2, 0.25) is 0 Å². The van der Waals surface area contributed by atoms with E-state index in [2.05, 4.69) is 39.2 Å². The van der Waals surface area contributed by atoms with E-state index in [9.17, 15) is 9.18 Å². The van der Waals surface area contributed by atoms with Crippen molar-refractivity contribution in [2.75, 3.05) is 13.7 Å². The van der Waals surface area contributed by atoms with Crippen LogP contribution >= 0.6 is 0 Å². The van der Waals surface area contributed by atoms with Gasteiger partial charge in [0.1, 0.15) is 17.5 Å². The Morgan fingerprint density at radius 3 is 2.07 bits per heavy atom. The van der Waals surface area contributed by atoms with Crippen LogP contribution in [0.15, 0.2) is 24.3 Å². The largest absolute Gasteiger partial charge is 0.444 e. The van der Waals surface area contributed by atoms with Crippen LogP contribution in [-0.2, 0) is 19.4 Å². The van der Waals surface area contributed by atoms with Gasteiger partial charge in [-0.1, -0.05) is 46.4 Å². The zero-order valence-corrected chi connectivity index (χ0v) is 20.6. The molecule has 0 aliphatic heterocycles. The molecule has 0 aliphatic rings. The molecule has 0 saturated heterocycles. The molecular weight excluding hydrogens is 401 g/mol. The summed E-state index contributed by atoms with van der Waals surface area (Å²) in [6.07, 6.45) is -1.27. The molecular formula is C23H42FNO4Si. The average Bonchev–Trinajstić information content (AvgIpc) is 2.52. The minimum atomic E-state index is -2.07. The number of ether oxygens (including phenoxy) is 2. The van der Waals surface area contributed by atoms with Gasteiger partial charge in [0.05, 0.1) is 12.1 Å². The van der Waals surface area contributed by atoms with E-state index >= 15 is 0 Å². The van der Waals surface area contributed by atoms with Crippen molar-refractivity contribution in [2.24, 2.45) is 0 Å². The standard InChI is InChI=1S/C22H38FNO4Si.CH4/c1-20(2,3)28-19(25)24-22(7,16-13-11-12-14-17(16)23)18(26-8)15-27-29(9,10)21(4,5)6;/h11-14,18H,15H2,1-10H3,(H,24,25);1H4/t18?,22-;/m1./s1. The second-order valence-corrected chi connectivity index (χ2v) is 14.9. The third kappa shape index (κ3) is 7.36. The Hall–Kier alpha value is -1.44. The van der Waals surface area contributed by atoms with Crippen LogP contribution in [0.4, 0.5) is 9.18 Å². The smallest absolute Gasteiger partial charge is 0.408 e. The van der Waals surface area contributed by atoms with Crippen molar-refractivity contribution >= 4 is 14.4 Å². The molecule has 0 heterocycles. The van der Waals surface area contributed by atoms with Gasteiger partial charge in [-0.3, -0.25) is 0 Å². The van der Waals surface area contributed by atoms with Crippen molar-refractivity contribution in [1.82, 2.24) is 5.32 Å². The summed E-state index contributed by atoms with van der Waals surface area (Å²) in [4.78, 5) is 12.6. The van der Waals surface area contributed by atoms with Gasteiger partial charge in [-0.2, -0.15) is 0 Å². The zero-order valence-electron chi connectivity index (χ0n) is 19.6. The first-order valence-electron chi connectivity index (χ1n) is 9.96. The SMILES string of the molecule is C.COC(CO[Si](C)(C)C(C)(C)C)[C@](C)(NC(=O)OC(C)(C)C)c1ccccc1F. The number of carbonyl (C=O) groups excluding carboxylic acids is 1. The normalized spacial score (nSPS) is 15.6. The maximum atomic E-state index is 14.8. The lowest BCUT2D eigenvalue weighted by Crippen LogP contribution is -2.57. The second-order valence-electron chi connectivity index (χ2n) is 10.1. The molecule has 1 amide bonds. The molecule has 1 aromatic carbocycles. The fourth-order valence-corrected chi connectivity index (χ4v) is 3.69. The third-order valence-corrected chi connectivity index (χ3v) is 10.0. The first-order valence-corrected chi connectivity index (χ1v) is 12.9. The topological polar surface area (TPSA) is 56.8 Å². The molecule has 1 N–H and O–H groups in total. The molecule has 0 fully saturated rings. The van der Waals surface area contributed by atoms with E-state index in [1.807, 2.05) is 0 Å². The lowest BCUT2D eigenvalue weighted by Gasteiger charge is -2.42. The van der Waals surface area contributed by atoms with Gasteiger partial charge in [0.15, 0.2) is 8.32 Å². The van der Waals surface area contributed by atoms with Crippen molar-refractivity contribution in [1.29, 1.82) is 0 Å². The number of carbonyl (C=O) groups is 1. The van der Waals surface area contributed by atoms with Crippen molar-refractivity contribution in [3.63, 3.8) is 0 Å². The minimum absolute atomic E-state index is 0. The Morgan fingerprint density at radius 2 is 1.63 bits per heavy atom. The highest BCUT2D eigenvalue weighted by molar-refractivity contribution is 6.74. The van der Waals surface area contributed by atoms with Gasteiger partial charge >= 0.3 is 6.09 Å². The van der Waals surface area contributed by atoms with Crippen LogP contribution in [-0.4, -0.2) is 39.8 Å². The third-order valence-electron chi connectivity index (χ3n) is 5.52. The monoisotopic (exact) mass is 443 g/mol. The van der Waals surface area contributed by atoms with Gasteiger partial charge in [0.25, 0.3) is 0 Å². The zero-order chi connectivity index (χ0) is 22.7. The van der Waals surface area contributed by atoms with Crippen LogP contribution in [0.5, 0.6) is 0 Å². The molecule has 2 atom stereocenters. The van der Waals surface area contributed by atoms with Crippen LogP contribution < -0.4 is 5.32 Å². The summed E-state index contributed by atoms with van der Waals surface area (Å²) in [7, 11) is -0.536. The molecule has 0 spiro atoms. The Labute approximate surface area is 183 Å². The van der Waals surface area contributed by atoms with Gasteiger partial charge in [-0.15, -0.1) is 0 Å². The van der Waals surface area contributed by atoms with Crippen LogP contribution in [0.1, 0.15) is 61.5 Å². The van der Waals surface area contributed by atoms with E-state index < -0.39 is 37.5 Å². The van der Waals surface area contributed by atoms with Crippen molar-refractivity contribution in [3.05, 3.63) is 35.6 Å². The van der Waals surface area contributed by atoms with E-state index in [0.717, 1.165) is 0 Å². The van der Waals surface area contributed by atoms with Crippen LogP contribution in [0, 0.1) is 5.82 Å². The molecule has 0 radical (unpaired) electrons. The molecule has 30 heavy (non-hydrogen) atoms. The number of methoxy groups -OCH3 is 1. The highest BCUT2D eigenvalue weighted by atomic mass is 28.4. The number of hydrogen-bond donors (Lipinski definition) is 1. The summed E-state index contributed by atoms with van der Waals surface area (Å²) in [6, 6.07) is 6.35. The average molecular weight is 444 g/mol. The second kappa shape index (κ2) is 10.2. The number of halogens is 1. The number of alkyl carbamates (subject to hydrolysis) is 1. The maximum Gasteiger partial charge on any atom is 0.408 e. The van der Waals surface area contributed by atoms with Crippen molar-refractivity contribution in [3.8, 4) is 0 Å². The van der Waals surface area contributed by atoms with Crippen molar-refractivity contribution < 1.29 is 23.1 Å². The molecule has 0 aromatic heterocycles. The molecule has 1 unspecified atom stereocenters. The first-order chi connectivity index (χ1) is 13.0. The van der Waals surface area contributed by atoms with E-state index in [-0.39, 0.29) is 19.1 Å². The van der Waals surface area contributed by atoms with E-state index in [4.69, 9.17) is 13.9 Å². The minimum Gasteiger partial charge on any atom is -0.444 e. The summed E-state index contributed by atoms with van der Waals surface area (Å²) in [5.74, 6) is -0.430. The number of amides is 1. The van der Waals surface area contributed by atoms with Crippen LogP contribution in [0.2, 0.25) is 18.1 Å². The Kier molecular flexibility index (Phi) is 9.75. The Balaban J connectivity index is 0.00000841. The first kappa shape index (κ1) is 28.6. The highest BCUT2D eigenvalue weighted by Crippen LogP contribution is 2.38. The van der Waals surface area contributed by atoms with E-state index in [1.54, 1.807) is 45.9 Å². The van der Waals surface area contributed by atoms with E-state index in [1.165, 1.54) is 13.2 Å². The predicted molar refractivity (Wildman–Crippen MR) is 124 cm³/mol. The number of hydrogen-bond acceptors (Lipinski definition) is 4. The fraction of sp³-hybridized carbons (Fsp3) is 0.696. The van der Waals surface area contributed by atoms with Crippen LogP contribution in [0.25, 0.3) is 0 Å². The molecule has 1 rings (SSSR count). The molecule has 174 valence electrons. The molecule has 0 bridgehead atoms. The molecule has 0 saturated carbocycles. The quantitative estimate of drug-likeness (QED) is 0.507. The predicted octanol–water partition coefficient (Wildman–Crippen LogP) is 6.24. The lowest BCUT2D eigenvalue weighted by atomic mass is 9.86. The van der Waals surface area contributed by atoms with Gasteiger partial charge in [-0.25, -0.2) is 9.18 Å². The van der Waals surface area contributed by atoms with Gasteiger partial charge in [-0.05, 0) is 51.9 Å². The highest BCUT2D eigenvalue weighted by Gasteiger charge is 2.44. The van der Waals surface area contributed by atoms with Crippen molar-refractivity contribution in [2.45, 2.75) is 91.3 Å². The molecule has 5 nitrogen and oxygen atoms in total. The summed E-state index contributed by atoms with van der Waals surface area (Å²) < 4.78 is 32.2. The molecule has 0 aliphatic carbocycles. The summed E-state index contributed by atoms with van der Waals surface area (Å²) in [6.45, 7) is 18.0. The van der Waals surface area contributed by atoms with Gasteiger partial charge < -0.3 is 19.2 Å². The summed E-state index contributed by atoms with van der Waals surface area (Å²) in [5, 5.41) is 2.85. The number of benzene rings is 1.